The van der Waals surface area contributed by atoms with Crippen LogP contribution in [-0.2, 0) is 22.9 Å². The summed E-state index contributed by atoms with van der Waals surface area (Å²) < 4.78 is 33.4. The molecule has 3 aromatic rings. The minimum absolute atomic E-state index is 0.0567. The molecule has 0 atom stereocenters. The van der Waals surface area contributed by atoms with Crippen molar-refractivity contribution in [3.8, 4) is 5.75 Å². The normalized spacial score (nSPS) is 13.0. The molecule has 0 aliphatic heterocycles. The molecule has 30 heavy (non-hydrogen) atoms. The predicted molar refractivity (Wildman–Crippen MR) is 117 cm³/mol. The van der Waals surface area contributed by atoms with E-state index in [0.29, 0.717) is 15.9 Å². The number of anilines is 2. The van der Waals surface area contributed by atoms with Crippen molar-refractivity contribution in [2.75, 3.05) is 17.1 Å². The van der Waals surface area contributed by atoms with Gasteiger partial charge >= 0.3 is 0 Å². The highest BCUT2D eigenvalue weighted by atomic mass is 35.5. The minimum Gasteiger partial charge on any atom is -0.495 e. The van der Waals surface area contributed by atoms with Crippen molar-refractivity contribution < 1.29 is 17.9 Å². The Morgan fingerprint density at radius 2 is 2.03 bits per heavy atom. The maximum Gasteiger partial charge on any atom is 0.262 e. The molecule has 10 heteroatoms. The summed E-state index contributed by atoms with van der Waals surface area (Å²) in [4.78, 5) is 18.2. The molecular formula is C20H18ClN3O4S2. The van der Waals surface area contributed by atoms with Gasteiger partial charge in [0.2, 0.25) is 0 Å². The molecule has 0 radical (unpaired) electrons. The van der Waals surface area contributed by atoms with Crippen LogP contribution in [0.25, 0.3) is 0 Å². The van der Waals surface area contributed by atoms with Gasteiger partial charge in [-0.2, -0.15) is 0 Å². The monoisotopic (exact) mass is 463 g/mol. The number of aromatic nitrogens is 1. The number of halogens is 1. The van der Waals surface area contributed by atoms with Gasteiger partial charge in [-0.3, -0.25) is 14.8 Å². The Morgan fingerprint density at radius 1 is 1.20 bits per heavy atom. The van der Waals surface area contributed by atoms with Crippen LogP contribution < -0.4 is 14.8 Å². The zero-order chi connectivity index (χ0) is 21.3. The lowest BCUT2D eigenvalue weighted by Gasteiger charge is -2.13. The number of fused-ring (bicyclic) bond motifs is 1. The smallest absolute Gasteiger partial charge is 0.262 e. The third-order valence-corrected chi connectivity index (χ3v) is 7.30. The number of benzene rings is 2. The molecule has 7 nitrogen and oxygen atoms in total. The van der Waals surface area contributed by atoms with E-state index in [0.717, 1.165) is 25.0 Å². The number of thiazole rings is 1. The molecule has 1 aliphatic carbocycles. The first-order valence-corrected chi connectivity index (χ1v) is 11.8. The van der Waals surface area contributed by atoms with Gasteiger partial charge < -0.3 is 4.74 Å². The maximum absolute atomic E-state index is 12.9. The quantitative estimate of drug-likeness (QED) is 0.566. The lowest BCUT2D eigenvalue weighted by atomic mass is 10.2. The van der Waals surface area contributed by atoms with Gasteiger partial charge in [0.25, 0.3) is 15.9 Å². The van der Waals surface area contributed by atoms with E-state index in [1.165, 1.54) is 47.6 Å². The highest BCUT2D eigenvalue weighted by Gasteiger charge is 2.21. The number of ether oxygens (including phenoxy) is 1. The number of methoxy groups -OCH3 is 1. The van der Waals surface area contributed by atoms with Crippen LogP contribution in [0.2, 0.25) is 5.02 Å². The third-order valence-electron chi connectivity index (χ3n) is 4.63. The highest BCUT2D eigenvalue weighted by Crippen LogP contribution is 2.31. The average Bonchev–Trinajstić information content (AvgIpc) is 3.29. The first-order valence-electron chi connectivity index (χ1n) is 9.12. The fourth-order valence-corrected chi connectivity index (χ4v) is 5.50. The molecule has 1 aliphatic rings. The van der Waals surface area contributed by atoms with Crippen LogP contribution in [0.3, 0.4) is 0 Å². The molecule has 1 amide bonds. The summed E-state index contributed by atoms with van der Waals surface area (Å²) >= 11 is 7.43. The Balaban J connectivity index is 1.56. The number of nitrogens with zero attached hydrogens (tertiary/aromatic N) is 1. The van der Waals surface area contributed by atoms with E-state index in [2.05, 4.69) is 15.0 Å². The van der Waals surface area contributed by atoms with Crippen LogP contribution in [0.4, 0.5) is 10.8 Å². The van der Waals surface area contributed by atoms with Crippen molar-refractivity contribution in [3.63, 3.8) is 0 Å². The molecule has 1 aromatic heterocycles. The van der Waals surface area contributed by atoms with Crippen LogP contribution in [-0.4, -0.2) is 26.4 Å². The van der Waals surface area contributed by atoms with Crippen LogP contribution in [0.5, 0.6) is 5.75 Å². The Bertz CT molecular complexity index is 1200. The summed E-state index contributed by atoms with van der Waals surface area (Å²) in [7, 11) is -2.54. The predicted octanol–water partition coefficient (Wildman–Crippen LogP) is 4.35. The van der Waals surface area contributed by atoms with Gasteiger partial charge in [0, 0.05) is 15.5 Å². The molecule has 0 bridgehead atoms. The fraction of sp³-hybridized carbons (Fsp3) is 0.200. The lowest BCUT2D eigenvalue weighted by molar-refractivity contribution is 0.102. The maximum atomic E-state index is 12.9. The van der Waals surface area contributed by atoms with Gasteiger partial charge in [0.15, 0.2) is 5.13 Å². The van der Waals surface area contributed by atoms with E-state index in [9.17, 15) is 13.2 Å². The van der Waals surface area contributed by atoms with E-state index >= 15 is 0 Å². The number of hydrogen-bond donors (Lipinski definition) is 2. The summed E-state index contributed by atoms with van der Waals surface area (Å²) in [6.45, 7) is 0. The number of sulfonamides is 1. The summed E-state index contributed by atoms with van der Waals surface area (Å²) in [5.74, 6) is -0.0894. The number of aryl methyl sites for hydroxylation is 2. The number of carbonyl (C=O) groups is 1. The molecule has 0 spiro atoms. The molecule has 4 rings (SSSR count). The van der Waals surface area contributed by atoms with Gasteiger partial charge in [0.1, 0.15) is 5.75 Å². The van der Waals surface area contributed by atoms with Gasteiger partial charge in [0.05, 0.1) is 23.4 Å². The second-order valence-electron chi connectivity index (χ2n) is 6.67. The molecule has 0 saturated carbocycles. The van der Waals surface area contributed by atoms with Crippen LogP contribution in [0, 0.1) is 0 Å². The molecule has 0 saturated heterocycles. The Morgan fingerprint density at radius 3 is 2.80 bits per heavy atom. The lowest BCUT2D eigenvalue weighted by Crippen LogP contribution is -2.16. The van der Waals surface area contributed by atoms with Crippen molar-refractivity contribution in [2.24, 2.45) is 0 Å². The molecule has 2 N–H and O–H groups in total. The summed E-state index contributed by atoms with van der Waals surface area (Å²) in [5.41, 5.74) is 1.45. The van der Waals surface area contributed by atoms with E-state index in [4.69, 9.17) is 16.3 Å². The van der Waals surface area contributed by atoms with Crippen LogP contribution >= 0.6 is 22.9 Å². The van der Waals surface area contributed by atoms with Gasteiger partial charge in [-0.1, -0.05) is 17.7 Å². The number of carbonyl (C=O) groups excluding carboxylic acids is 1. The average molecular weight is 464 g/mol. The molecular weight excluding hydrogens is 446 g/mol. The Hall–Kier alpha value is -2.62. The molecule has 0 fully saturated rings. The van der Waals surface area contributed by atoms with Crippen molar-refractivity contribution in [1.29, 1.82) is 0 Å². The van der Waals surface area contributed by atoms with Gasteiger partial charge in [-0.25, -0.2) is 13.4 Å². The van der Waals surface area contributed by atoms with Gasteiger partial charge in [-0.05, 0) is 55.7 Å². The Labute approximate surface area is 183 Å². The van der Waals surface area contributed by atoms with Crippen molar-refractivity contribution in [2.45, 2.75) is 24.2 Å². The number of amides is 1. The van der Waals surface area contributed by atoms with E-state index < -0.39 is 15.9 Å². The summed E-state index contributed by atoms with van der Waals surface area (Å²) in [6, 6.07) is 10.4. The van der Waals surface area contributed by atoms with Crippen molar-refractivity contribution >= 4 is 49.7 Å². The molecule has 0 unspecified atom stereocenters. The second-order valence-corrected chi connectivity index (χ2v) is 9.88. The minimum atomic E-state index is -3.97. The van der Waals surface area contributed by atoms with Gasteiger partial charge in [-0.15, -0.1) is 11.3 Å². The standard InChI is InChI=1S/C20H18ClN3O4S2/c1-28-17-9-8-13(21)11-16(17)24-30(26,27)14-5-2-4-12(10-14)19(25)23-20-22-15-6-3-7-18(15)29-20/h2,4-5,8-11,24H,3,6-7H2,1H3,(H,22,23,25). The van der Waals surface area contributed by atoms with E-state index in [-0.39, 0.29) is 16.1 Å². The zero-order valence-electron chi connectivity index (χ0n) is 15.9. The number of hydrogen-bond acceptors (Lipinski definition) is 6. The largest absolute Gasteiger partial charge is 0.495 e. The first kappa shape index (κ1) is 20.6. The van der Waals surface area contributed by atoms with Crippen LogP contribution in [0.1, 0.15) is 27.3 Å². The SMILES string of the molecule is COc1ccc(Cl)cc1NS(=O)(=O)c1cccc(C(=O)Nc2nc3c(s2)CCC3)c1. The fourth-order valence-electron chi connectivity index (χ4n) is 3.18. The summed E-state index contributed by atoms with van der Waals surface area (Å²) in [6.07, 6.45) is 3.00. The molecule has 2 aromatic carbocycles. The number of rotatable bonds is 6. The summed E-state index contributed by atoms with van der Waals surface area (Å²) in [5, 5.41) is 3.64. The highest BCUT2D eigenvalue weighted by molar-refractivity contribution is 7.92. The molecule has 156 valence electrons. The topological polar surface area (TPSA) is 97.4 Å². The first-order chi connectivity index (χ1) is 14.4. The molecule has 1 heterocycles. The van der Waals surface area contributed by atoms with E-state index in [1.54, 1.807) is 18.2 Å². The third kappa shape index (κ3) is 4.28. The Kier molecular flexibility index (Phi) is 5.68. The van der Waals surface area contributed by atoms with Crippen molar-refractivity contribution in [3.05, 3.63) is 63.6 Å². The zero-order valence-corrected chi connectivity index (χ0v) is 18.3. The van der Waals surface area contributed by atoms with Crippen LogP contribution in [0.15, 0.2) is 47.4 Å². The number of nitrogens with one attached hydrogen (secondary N) is 2. The van der Waals surface area contributed by atoms with E-state index in [1.807, 2.05) is 0 Å². The second kappa shape index (κ2) is 8.25. The van der Waals surface area contributed by atoms with Crippen molar-refractivity contribution in [1.82, 2.24) is 4.98 Å².